The van der Waals surface area contributed by atoms with E-state index >= 15 is 0 Å². The molecule has 0 aliphatic carbocycles. The Bertz CT molecular complexity index is 263. The molecule has 1 atom stereocenters. The Morgan fingerprint density at radius 3 is 2.75 bits per heavy atom. The molecule has 2 aliphatic rings. The molecule has 92 valence electrons. The van der Waals surface area contributed by atoms with Crippen LogP contribution in [0.5, 0.6) is 0 Å². The van der Waals surface area contributed by atoms with Crippen LogP contribution < -0.4 is 0 Å². The van der Waals surface area contributed by atoms with Gasteiger partial charge in [0.05, 0.1) is 27.2 Å². The van der Waals surface area contributed by atoms with Crippen molar-refractivity contribution in [3.63, 3.8) is 0 Å². The summed E-state index contributed by atoms with van der Waals surface area (Å²) in [6.45, 7) is 3.26. The van der Waals surface area contributed by atoms with E-state index in [1.165, 1.54) is 32.2 Å². The van der Waals surface area contributed by atoms with E-state index in [0.717, 1.165) is 30.4 Å². The largest absolute Gasteiger partial charge is 0.337 e. The lowest BCUT2D eigenvalue weighted by atomic mass is 9.98. The summed E-state index contributed by atoms with van der Waals surface area (Å²) in [4.78, 5) is 13.9. The quantitative estimate of drug-likeness (QED) is 0.654. The molecule has 1 amide bonds. The van der Waals surface area contributed by atoms with Crippen LogP contribution in [0.15, 0.2) is 0 Å². The number of piperidine rings is 2. The van der Waals surface area contributed by atoms with Crippen molar-refractivity contribution in [2.24, 2.45) is 0 Å². The summed E-state index contributed by atoms with van der Waals surface area (Å²) < 4.78 is 1.10. The lowest BCUT2D eigenvalue weighted by molar-refractivity contribution is -0.919. The standard InChI is InChI=1S/C13H25N2O/c1-15(2)10-6-4-7-12(15)11-14-9-5-3-8-13(14)16/h12H,3-11H2,1-2H3/q+1/t12-/m0/s1. The fraction of sp³-hybridized carbons (Fsp3) is 0.923. The number of rotatable bonds is 2. The van der Waals surface area contributed by atoms with E-state index < -0.39 is 0 Å². The maximum Gasteiger partial charge on any atom is 0.222 e. The second-order valence-corrected chi connectivity index (χ2v) is 5.95. The number of quaternary nitrogens is 1. The molecule has 3 nitrogen and oxygen atoms in total. The van der Waals surface area contributed by atoms with Crippen LogP contribution in [0.25, 0.3) is 0 Å². The zero-order valence-corrected chi connectivity index (χ0v) is 10.7. The van der Waals surface area contributed by atoms with Gasteiger partial charge in [0.15, 0.2) is 0 Å². The van der Waals surface area contributed by atoms with Crippen molar-refractivity contribution in [3.05, 3.63) is 0 Å². The van der Waals surface area contributed by atoms with Gasteiger partial charge >= 0.3 is 0 Å². The van der Waals surface area contributed by atoms with Crippen LogP contribution in [0, 0.1) is 0 Å². The number of carbonyl (C=O) groups excluding carboxylic acids is 1. The average Bonchev–Trinajstić information content (AvgIpc) is 2.24. The van der Waals surface area contributed by atoms with Crippen molar-refractivity contribution in [1.82, 2.24) is 4.90 Å². The Balaban J connectivity index is 1.94. The lowest BCUT2D eigenvalue weighted by Gasteiger charge is -2.44. The SMILES string of the molecule is C[N+]1(C)CCCC[C@H]1CN1CCCCC1=O. The lowest BCUT2D eigenvalue weighted by Crippen LogP contribution is -2.57. The van der Waals surface area contributed by atoms with E-state index in [1.807, 2.05) is 0 Å². The van der Waals surface area contributed by atoms with Crippen LogP contribution in [-0.4, -0.2) is 55.1 Å². The summed E-state index contributed by atoms with van der Waals surface area (Å²) in [5.41, 5.74) is 0. The van der Waals surface area contributed by atoms with Gasteiger partial charge in [-0.3, -0.25) is 4.79 Å². The molecule has 0 aromatic heterocycles. The highest BCUT2D eigenvalue weighted by molar-refractivity contribution is 5.76. The van der Waals surface area contributed by atoms with Gasteiger partial charge in [-0.05, 0) is 25.7 Å². The second-order valence-electron chi connectivity index (χ2n) is 5.95. The molecule has 2 rings (SSSR count). The van der Waals surface area contributed by atoms with Crippen LogP contribution in [0.2, 0.25) is 0 Å². The third kappa shape index (κ3) is 2.57. The van der Waals surface area contributed by atoms with Crippen LogP contribution in [0.1, 0.15) is 38.5 Å². The predicted octanol–water partition coefficient (Wildman–Crippen LogP) is 1.63. The minimum Gasteiger partial charge on any atom is -0.337 e. The highest BCUT2D eigenvalue weighted by Crippen LogP contribution is 2.23. The fourth-order valence-corrected chi connectivity index (χ4v) is 3.05. The first-order valence-corrected chi connectivity index (χ1v) is 6.70. The van der Waals surface area contributed by atoms with E-state index in [1.54, 1.807) is 0 Å². The number of amides is 1. The van der Waals surface area contributed by atoms with Gasteiger partial charge in [-0.25, -0.2) is 0 Å². The molecule has 3 heteroatoms. The zero-order chi connectivity index (χ0) is 11.6. The minimum absolute atomic E-state index is 0.386. The first-order chi connectivity index (χ1) is 7.59. The first kappa shape index (κ1) is 11.9. The maximum atomic E-state index is 11.8. The van der Waals surface area contributed by atoms with Crippen molar-refractivity contribution < 1.29 is 9.28 Å². The van der Waals surface area contributed by atoms with Gasteiger partial charge in [0, 0.05) is 19.4 Å². The van der Waals surface area contributed by atoms with Crippen molar-refractivity contribution >= 4 is 5.91 Å². The molecule has 2 fully saturated rings. The smallest absolute Gasteiger partial charge is 0.222 e. The van der Waals surface area contributed by atoms with Gasteiger partial charge in [0.1, 0.15) is 6.04 Å². The zero-order valence-electron chi connectivity index (χ0n) is 10.7. The minimum atomic E-state index is 0.386. The van der Waals surface area contributed by atoms with E-state index in [2.05, 4.69) is 19.0 Å². The predicted molar refractivity (Wildman–Crippen MR) is 65.0 cm³/mol. The van der Waals surface area contributed by atoms with Crippen molar-refractivity contribution in [1.29, 1.82) is 0 Å². The summed E-state index contributed by atoms with van der Waals surface area (Å²) in [5, 5.41) is 0. The Morgan fingerprint density at radius 1 is 1.25 bits per heavy atom. The third-order valence-electron chi connectivity index (χ3n) is 4.36. The topological polar surface area (TPSA) is 20.3 Å². The molecule has 0 saturated carbocycles. The molecule has 0 spiro atoms. The fourth-order valence-electron chi connectivity index (χ4n) is 3.05. The van der Waals surface area contributed by atoms with E-state index in [0.29, 0.717) is 11.9 Å². The molecule has 0 bridgehead atoms. The van der Waals surface area contributed by atoms with Crippen LogP contribution >= 0.6 is 0 Å². The van der Waals surface area contributed by atoms with Crippen molar-refractivity contribution in [2.75, 3.05) is 33.7 Å². The molecule has 0 N–H and O–H groups in total. The molecule has 0 aromatic rings. The summed E-state index contributed by atoms with van der Waals surface area (Å²) in [7, 11) is 4.64. The summed E-state index contributed by atoms with van der Waals surface area (Å²) in [6, 6.07) is 0.663. The molecule has 2 heterocycles. The first-order valence-electron chi connectivity index (χ1n) is 6.70. The Labute approximate surface area is 99.0 Å². The Kier molecular flexibility index (Phi) is 3.53. The van der Waals surface area contributed by atoms with Crippen LogP contribution in [0.4, 0.5) is 0 Å². The summed E-state index contributed by atoms with van der Waals surface area (Å²) >= 11 is 0. The van der Waals surface area contributed by atoms with Gasteiger partial charge in [-0.15, -0.1) is 0 Å². The number of hydrogen-bond acceptors (Lipinski definition) is 1. The van der Waals surface area contributed by atoms with Crippen molar-refractivity contribution in [3.8, 4) is 0 Å². The highest BCUT2D eigenvalue weighted by atomic mass is 16.2. The number of carbonyl (C=O) groups is 1. The molecule has 2 aliphatic heterocycles. The normalized spacial score (nSPS) is 30.5. The molecular formula is C13H25N2O+. The Hall–Kier alpha value is -0.570. The Morgan fingerprint density at radius 2 is 2.06 bits per heavy atom. The van der Waals surface area contributed by atoms with Crippen molar-refractivity contribution in [2.45, 2.75) is 44.6 Å². The molecule has 2 saturated heterocycles. The molecular weight excluding hydrogens is 200 g/mol. The van der Waals surface area contributed by atoms with Gasteiger partial charge in [-0.1, -0.05) is 0 Å². The van der Waals surface area contributed by atoms with E-state index in [4.69, 9.17) is 0 Å². The second kappa shape index (κ2) is 4.74. The number of likely N-dealkylation sites (N-methyl/N-ethyl adjacent to an activating group) is 1. The van der Waals surface area contributed by atoms with Gasteiger partial charge < -0.3 is 9.38 Å². The average molecular weight is 225 g/mol. The monoisotopic (exact) mass is 225 g/mol. The number of hydrogen-bond donors (Lipinski definition) is 0. The summed E-state index contributed by atoms with van der Waals surface area (Å²) in [5.74, 6) is 0.386. The molecule has 0 aromatic carbocycles. The van der Waals surface area contributed by atoms with Crippen LogP contribution in [0.3, 0.4) is 0 Å². The van der Waals surface area contributed by atoms with E-state index in [-0.39, 0.29) is 0 Å². The molecule has 0 unspecified atom stereocenters. The summed E-state index contributed by atoms with van der Waals surface area (Å²) in [6.07, 6.45) is 7.05. The van der Waals surface area contributed by atoms with Crippen LogP contribution in [-0.2, 0) is 4.79 Å². The number of likely N-dealkylation sites (tertiary alicyclic amines) is 2. The van der Waals surface area contributed by atoms with Gasteiger partial charge in [0.25, 0.3) is 0 Å². The highest BCUT2D eigenvalue weighted by Gasteiger charge is 2.34. The molecule has 16 heavy (non-hydrogen) atoms. The number of nitrogens with zero attached hydrogens (tertiary/aromatic N) is 2. The van der Waals surface area contributed by atoms with Gasteiger partial charge in [-0.2, -0.15) is 0 Å². The molecule has 0 radical (unpaired) electrons. The third-order valence-corrected chi connectivity index (χ3v) is 4.36. The van der Waals surface area contributed by atoms with Gasteiger partial charge in [0.2, 0.25) is 5.91 Å². The maximum absolute atomic E-state index is 11.8. The van der Waals surface area contributed by atoms with E-state index in [9.17, 15) is 4.79 Å².